The van der Waals surface area contributed by atoms with Crippen molar-refractivity contribution < 1.29 is 4.74 Å². The van der Waals surface area contributed by atoms with Gasteiger partial charge in [0, 0.05) is 0 Å². The number of rotatable bonds is 2. The highest BCUT2D eigenvalue weighted by Crippen LogP contribution is 2.54. The summed E-state index contributed by atoms with van der Waals surface area (Å²) in [4.78, 5) is 0. The lowest BCUT2D eigenvalue weighted by Crippen LogP contribution is -2.58. The lowest BCUT2D eigenvalue weighted by atomic mass is 9.64. The van der Waals surface area contributed by atoms with E-state index in [2.05, 4.69) is 41.5 Å². The van der Waals surface area contributed by atoms with E-state index < -0.39 is 0 Å². The van der Waals surface area contributed by atoms with Gasteiger partial charge in [0.15, 0.2) is 0 Å². The molecule has 0 saturated heterocycles. The van der Waals surface area contributed by atoms with Crippen molar-refractivity contribution in [2.45, 2.75) is 117 Å². The van der Waals surface area contributed by atoms with Crippen LogP contribution in [-0.2, 0) is 4.74 Å². The predicted octanol–water partition coefficient (Wildman–Crippen LogP) is 6.50. The van der Waals surface area contributed by atoms with Gasteiger partial charge in [-0.15, -0.1) is 0 Å². The Morgan fingerprint density at radius 1 is 0.524 bits per heavy atom. The summed E-state index contributed by atoms with van der Waals surface area (Å²) in [6.07, 6.45) is 13.2. The Labute approximate surface area is 133 Å². The lowest BCUT2D eigenvalue weighted by molar-refractivity contribution is -0.258. The Morgan fingerprint density at radius 2 is 0.810 bits per heavy atom. The highest BCUT2D eigenvalue weighted by molar-refractivity contribution is 5.02. The summed E-state index contributed by atoms with van der Waals surface area (Å²) in [6.45, 7) is 14.4. The topological polar surface area (TPSA) is 9.23 Å². The zero-order chi connectivity index (χ0) is 15.8. The van der Waals surface area contributed by atoms with E-state index in [9.17, 15) is 0 Å². The molecular formula is C20H38O. The molecule has 1 heteroatoms. The first-order valence-electron chi connectivity index (χ1n) is 9.32. The smallest absolute Gasteiger partial charge is 0.0738 e. The second kappa shape index (κ2) is 5.87. The normalized spacial score (nSPS) is 26.6. The highest BCUT2D eigenvalue weighted by atomic mass is 16.5. The molecule has 0 atom stereocenters. The predicted molar refractivity (Wildman–Crippen MR) is 91.6 cm³/mol. The molecule has 1 nitrogen and oxygen atoms in total. The maximum atomic E-state index is 7.24. The van der Waals surface area contributed by atoms with Crippen LogP contribution in [0.4, 0.5) is 0 Å². The van der Waals surface area contributed by atoms with Crippen LogP contribution in [0.15, 0.2) is 0 Å². The van der Waals surface area contributed by atoms with Crippen molar-refractivity contribution in [2.75, 3.05) is 0 Å². The third-order valence-electron chi connectivity index (χ3n) is 6.45. The van der Waals surface area contributed by atoms with Gasteiger partial charge >= 0.3 is 0 Å². The molecule has 0 spiro atoms. The molecule has 124 valence electrons. The summed E-state index contributed by atoms with van der Waals surface area (Å²) in [5.41, 5.74) is 0.665. The van der Waals surface area contributed by atoms with Gasteiger partial charge in [0.25, 0.3) is 0 Å². The Bertz CT molecular complexity index is 296. The Hall–Kier alpha value is -0.0400. The van der Waals surface area contributed by atoms with Gasteiger partial charge in [-0.1, -0.05) is 80.1 Å². The molecule has 0 aromatic carbocycles. The fraction of sp³-hybridized carbons (Fsp3) is 1.00. The van der Waals surface area contributed by atoms with Crippen LogP contribution in [0.1, 0.15) is 106 Å². The monoisotopic (exact) mass is 294 g/mol. The molecule has 21 heavy (non-hydrogen) atoms. The Balaban J connectivity index is 2.32. The summed E-state index contributed by atoms with van der Waals surface area (Å²) in [6, 6.07) is 0. The highest BCUT2D eigenvalue weighted by Gasteiger charge is 2.53. The molecule has 0 aromatic rings. The van der Waals surface area contributed by atoms with E-state index in [4.69, 9.17) is 4.74 Å². The first kappa shape index (κ1) is 17.3. The number of ether oxygens (including phenoxy) is 1. The van der Waals surface area contributed by atoms with Crippen LogP contribution in [0.3, 0.4) is 0 Å². The van der Waals surface area contributed by atoms with Crippen LogP contribution in [0.2, 0.25) is 0 Å². The van der Waals surface area contributed by atoms with Gasteiger partial charge in [-0.2, -0.15) is 0 Å². The van der Waals surface area contributed by atoms with Gasteiger partial charge in [-0.05, 0) is 36.5 Å². The van der Waals surface area contributed by atoms with Crippen LogP contribution in [0, 0.1) is 10.8 Å². The third kappa shape index (κ3) is 3.33. The van der Waals surface area contributed by atoms with Gasteiger partial charge in [0.2, 0.25) is 0 Å². The average molecular weight is 295 g/mol. The lowest BCUT2D eigenvalue weighted by Gasteiger charge is -2.57. The quantitative estimate of drug-likeness (QED) is 0.564. The molecule has 0 radical (unpaired) electrons. The first-order valence-corrected chi connectivity index (χ1v) is 9.32. The summed E-state index contributed by atoms with van der Waals surface area (Å²) in [5.74, 6) is 0. The molecule has 2 saturated carbocycles. The summed E-state index contributed by atoms with van der Waals surface area (Å²) >= 11 is 0. The summed E-state index contributed by atoms with van der Waals surface area (Å²) < 4.78 is 7.24. The molecule has 2 rings (SSSR count). The molecule has 2 aliphatic rings. The zero-order valence-corrected chi connectivity index (χ0v) is 15.5. The van der Waals surface area contributed by atoms with E-state index in [0.29, 0.717) is 0 Å². The minimum atomic E-state index is 0.0931. The number of hydrogen-bond acceptors (Lipinski definition) is 1. The van der Waals surface area contributed by atoms with Gasteiger partial charge in [0.05, 0.1) is 11.2 Å². The SMILES string of the molecule is CC(C)(C)C1(OC2(C(C)(C)C)CCCCC2)CCCCC1. The van der Waals surface area contributed by atoms with Crippen molar-refractivity contribution in [3.05, 3.63) is 0 Å². The Kier molecular flexibility index (Phi) is 4.84. The van der Waals surface area contributed by atoms with Crippen molar-refractivity contribution in [1.29, 1.82) is 0 Å². The van der Waals surface area contributed by atoms with Crippen molar-refractivity contribution in [3.8, 4) is 0 Å². The molecule has 0 bridgehead atoms. The second-order valence-corrected chi connectivity index (χ2v) is 9.71. The van der Waals surface area contributed by atoms with Crippen LogP contribution in [-0.4, -0.2) is 11.2 Å². The molecule has 0 heterocycles. The van der Waals surface area contributed by atoms with Crippen LogP contribution >= 0.6 is 0 Å². The summed E-state index contributed by atoms with van der Waals surface area (Å²) in [7, 11) is 0. The van der Waals surface area contributed by atoms with Gasteiger partial charge in [-0.25, -0.2) is 0 Å². The van der Waals surface area contributed by atoms with Crippen LogP contribution in [0.5, 0.6) is 0 Å². The fourth-order valence-electron chi connectivity index (χ4n) is 4.63. The van der Waals surface area contributed by atoms with Crippen LogP contribution in [0.25, 0.3) is 0 Å². The van der Waals surface area contributed by atoms with Gasteiger partial charge in [0.1, 0.15) is 0 Å². The minimum Gasteiger partial charge on any atom is -0.367 e. The van der Waals surface area contributed by atoms with E-state index in [-0.39, 0.29) is 22.0 Å². The van der Waals surface area contributed by atoms with Gasteiger partial charge in [-0.3, -0.25) is 0 Å². The molecule has 2 fully saturated rings. The first-order chi connectivity index (χ1) is 9.62. The van der Waals surface area contributed by atoms with Crippen molar-refractivity contribution in [3.63, 3.8) is 0 Å². The van der Waals surface area contributed by atoms with Crippen molar-refractivity contribution >= 4 is 0 Å². The maximum Gasteiger partial charge on any atom is 0.0738 e. The maximum absolute atomic E-state index is 7.24. The minimum absolute atomic E-state index is 0.0931. The van der Waals surface area contributed by atoms with Gasteiger partial charge < -0.3 is 4.74 Å². The van der Waals surface area contributed by atoms with Crippen molar-refractivity contribution in [2.24, 2.45) is 10.8 Å². The standard InChI is InChI=1S/C20H38O/c1-17(2,3)19(13-9-7-10-14-19)21-20(18(4,5)6)15-11-8-12-16-20/h7-16H2,1-6H3. The molecule has 2 aliphatic carbocycles. The largest absolute Gasteiger partial charge is 0.367 e. The molecule has 0 unspecified atom stereocenters. The molecule has 0 aromatic heterocycles. The van der Waals surface area contributed by atoms with E-state index in [1.54, 1.807) is 0 Å². The van der Waals surface area contributed by atoms with Crippen LogP contribution < -0.4 is 0 Å². The zero-order valence-electron chi connectivity index (χ0n) is 15.5. The fourth-order valence-corrected chi connectivity index (χ4v) is 4.63. The summed E-state index contributed by atoms with van der Waals surface area (Å²) in [5, 5.41) is 0. The van der Waals surface area contributed by atoms with Crippen molar-refractivity contribution in [1.82, 2.24) is 0 Å². The molecule has 0 N–H and O–H groups in total. The van der Waals surface area contributed by atoms with E-state index in [1.165, 1.54) is 64.2 Å². The second-order valence-electron chi connectivity index (χ2n) is 9.71. The molecule has 0 amide bonds. The van der Waals surface area contributed by atoms with E-state index in [1.807, 2.05) is 0 Å². The average Bonchev–Trinajstić information content (AvgIpc) is 2.38. The Morgan fingerprint density at radius 3 is 1.05 bits per heavy atom. The number of hydrogen-bond donors (Lipinski definition) is 0. The third-order valence-corrected chi connectivity index (χ3v) is 6.45. The van der Waals surface area contributed by atoms with E-state index in [0.717, 1.165) is 0 Å². The van der Waals surface area contributed by atoms with E-state index >= 15 is 0 Å². The molecule has 0 aliphatic heterocycles. The molecular weight excluding hydrogens is 256 g/mol.